The van der Waals surface area contributed by atoms with E-state index in [2.05, 4.69) is 0 Å². The Morgan fingerprint density at radius 2 is 2.18 bits per heavy atom. The summed E-state index contributed by atoms with van der Waals surface area (Å²) in [5.74, 6) is -0.343. The molecule has 17 heavy (non-hydrogen) atoms. The Morgan fingerprint density at radius 1 is 1.35 bits per heavy atom. The number of benzene rings is 1. The van der Waals surface area contributed by atoms with Gasteiger partial charge in [-0.15, -0.1) is 0 Å². The molecule has 92 valence electrons. The summed E-state index contributed by atoms with van der Waals surface area (Å²) in [7, 11) is 0. The molecule has 0 atom stereocenters. The summed E-state index contributed by atoms with van der Waals surface area (Å²) in [6.45, 7) is 1.80. The molecule has 1 N–H and O–H groups in total. The topological polar surface area (TPSA) is 43.8 Å². The summed E-state index contributed by atoms with van der Waals surface area (Å²) in [5.41, 5.74) is 0.585. The van der Waals surface area contributed by atoms with Gasteiger partial charge in [0.25, 0.3) is 0 Å². The molecule has 0 aliphatic carbocycles. The number of carbonyl (C=O) groups is 1. The van der Waals surface area contributed by atoms with E-state index in [9.17, 15) is 9.18 Å². The van der Waals surface area contributed by atoms with Crippen molar-refractivity contribution in [2.45, 2.75) is 6.42 Å². The predicted octanol–water partition coefficient (Wildman–Crippen LogP) is 1.45. The average Bonchev–Trinajstić information content (AvgIpc) is 2.68. The maximum Gasteiger partial charge on any atom is 0.324 e. The van der Waals surface area contributed by atoms with Crippen LogP contribution in [-0.4, -0.2) is 42.3 Å². The van der Waals surface area contributed by atoms with Crippen LogP contribution in [0.3, 0.4) is 0 Å². The number of amides is 2. The Hall–Kier alpha value is -1.62. The van der Waals surface area contributed by atoms with Crippen molar-refractivity contribution in [2.75, 3.05) is 31.1 Å². The third kappa shape index (κ3) is 2.55. The number of hydrogen-bond donors (Lipinski definition) is 1. The second kappa shape index (κ2) is 5.14. The van der Waals surface area contributed by atoms with Crippen LogP contribution in [0, 0.1) is 5.82 Å². The molecule has 0 aromatic heterocycles. The van der Waals surface area contributed by atoms with Crippen LogP contribution in [0.2, 0.25) is 0 Å². The third-order valence-corrected chi connectivity index (χ3v) is 2.80. The Kier molecular flexibility index (Phi) is 3.58. The second-order valence-electron chi connectivity index (χ2n) is 3.98. The standard InChI is InChI=1S/C12H15FN2O2/c13-10-3-1-4-11(9-10)15-7-6-14(12(15)17)5-2-8-16/h1,3-4,9,16H,2,5-8H2. The van der Waals surface area contributed by atoms with Crippen molar-refractivity contribution in [3.8, 4) is 0 Å². The summed E-state index contributed by atoms with van der Waals surface area (Å²) < 4.78 is 13.1. The van der Waals surface area contributed by atoms with Gasteiger partial charge in [0, 0.05) is 31.9 Å². The first kappa shape index (κ1) is 11.9. The lowest BCUT2D eigenvalue weighted by Crippen LogP contribution is -2.32. The molecule has 2 amide bonds. The number of rotatable bonds is 4. The van der Waals surface area contributed by atoms with Crippen LogP contribution in [0.1, 0.15) is 6.42 Å². The van der Waals surface area contributed by atoms with E-state index in [1.165, 1.54) is 12.1 Å². The Bertz CT molecular complexity index is 411. The Labute approximate surface area is 99.3 Å². The maximum absolute atomic E-state index is 13.1. The summed E-state index contributed by atoms with van der Waals surface area (Å²) in [5, 5.41) is 8.73. The van der Waals surface area contributed by atoms with Crippen LogP contribution < -0.4 is 4.90 Å². The molecule has 0 bridgehead atoms. The number of hydrogen-bond acceptors (Lipinski definition) is 2. The summed E-state index contributed by atoms with van der Waals surface area (Å²) in [6.07, 6.45) is 0.572. The van der Waals surface area contributed by atoms with Crippen molar-refractivity contribution in [2.24, 2.45) is 0 Å². The number of urea groups is 1. The molecule has 1 heterocycles. The highest BCUT2D eigenvalue weighted by Gasteiger charge is 2.28. The lowest BCUT2D eigenvalue weighted by molar-refractivity contribution is 0.211. The van der Waals surface area contributed by atoms with E-state index in [-0.39, 0.29) is 18.5 Å². The van der Waals surface area contributed by atoms with E-state index in [1.54, 1.807) is 21.9 Å². The molecule has 0 radical (unpaired) electrons. The zero-order valence-corrected chi connectivity index (χ0v) is 9.47. The van der Waals surface area contributed by atoms with Gasteiger partial charge in [0.2, 0.25) is 0 Å². The van der Waals surface area contributed by atoms with Gasteiger partial charge < -0.3 is 10.0 Å². The van der Waals surface area contributed by atoms with Gasteiger partial charge in [0.05, 0.1) is 0 Å². The highest BCUT2D eigenvalue weighted by Crippen LogP contribution is 2.20. The molecule has 0 spiro atoms. The maximum atomic E-state index is 13.1. The van der Waals surface area contributed by atoms with Crippen LogP contribution >= 0.6 is 0 Å². The van der Waals surface area contributed by atoms with Gasteiger partial charge in [0.1, 0.15) is 5.82 Å². The fourth-order valence-electron chi connectivity index (χ4n) is 1.94. The largest absolute Gasteiger partial charge is 0.396 e. The summed E-state index contributed by atoms with van der Waals surface area (Å²) in [6, 6.07) is 5.90. The molecule has 2 rings (SSSR count). The molecular formula is C12H15FN2O2. The summed E-state index contributed by atoms with van der Waals surface area (Å²) >= 11 is 0. The zero-order valence-electron chi connectivity index (χ0n) is 9.47. The highest BCUT2D eigenvalue weighted by atomic mass is 19.1. The van der Waals surface area contributed by atoms with E-state index in [0.717, 1.165) is 0 Å². The van der Waals surface area contributed by atoms with Gasteiger partial charge in [-0.2, -0.15) is 0 Å². The van der Waals surface area contributed by atoms with Crippen molar-refractivity contribution in [3.63, 3.8) is 0 Å². The van der Waals surface area contributed by atoms with Gasteiger partial charge in [0.15, 0.2) is 0 Å². The van der Waals surface area contributed by atoms with E-state index in [1.807, 2.05) is 0 Å². The van der Waals surface area contributed by atoms with Crippen molar-refractivity contribution in [1.82, 2.24) is 4.90 Å². The Morgan fingerprint density at radius 3 is 2.88 bits per heavy atom. The molecule has 0 saturated carbocycles. The first-order chi connectivity index (χ1) is 8.22. The minimum Gasteiger partial charge on any atom is -0.396 e. The predicted molar refractivity (Wildman–Crippen MR) is 62.4 cm³/mol. The number of aliphatic hydroxyl groups is 1. The van der Waals surface area contributed by atoms with Gasteiger partial charge >= 0.3 is 6.03 Å². The highest BCUT2D eigenvalue weighted by molar-refractivity contribution is 5.94. The smallest absolute Gasteiger partial charge is 0.324 e. The van der Waals surface area contributed by atoms with Crippen molar-refractivity contribution < 1.29 is 14.3 Å². The molecule has 5 heteroatoms. The zero-order chi connectivity index (χ0) is 12.3. The van der Waals surface area contributed by atoms with Crippen molar-refractivity contribution >= 4 is 11.7 Å². The number of nitrogens with zero attached hydrogens (tertiary/aromatic N) is 2. The van der Waals surface area contributed by atoms with Gasteiger partial charge in [-0.25, -0.2) is 9.18 Å². The fraction of sp³-hybridized carbons (Fsp3) is 0.417. The number of aliphatic hydroxyl groups excluding tert-OH is 1. The molecule has 1 aromatic rings. The molecule has 1 saturated heterocycles. The van der Waals surface area contributed by atoms with Crippen LogP contribution in [0.25, 0.3) is 0 Å². The van der Waals surface area contributed by atoms with E-state index >= 15 is 0 Å². The number of carbonyl (C=O) groups excluding carboxylic acids is 1. The van der Waals surface area contributed by atoms with Crippen LogP contribution in [0.4, 0.5) is 14.9 Å². The molecule has 4 nitrogen and oxygen atoms in total. The van der Waals surface area contributed by atoms with Crippen LogP contribution in [-0.2, 0) is 0 Å². The second-order valence-corrected chi connectivity index (χ2v) is 3.98. The Balaban J connectivity index is 2.07. The third-order valence-electron chi connectivity index (χ3n) is 2.80. The molecule has 1 fully saturated rings. The van der Waals surface area contributed by atoms with Crippen molar-refractivity contribution in [1.29, 1.82) is 0 Å². The average molecular weight is 238 g/mol. The van der Waals surface area contributed by atoms with Crippen molar-refractivity contribution in [3.05, 3.63) is 30.1 Å². The lowest BCUT2D eigenvalue weighted by atomic mass is 10.3. The molecule has 0 unspecified atom stereocenters. The fourth-order valence-corrected chi connectivity index (χ4v) is 1.94. The lowest BCUT2D eigenvalue weighted by Gasteiger charge is -2.18. The van der Waals surface area contributed by atoms with E-state index < -0.39 is 0 Å². The normalized spacial score (nSPS) is 15.8. The van der Waals surface area contributed by atoms with Crippen LogP contribution in [0.5, 0.6) is 0 Å². The monoisotopic (exact) mass is 238 g/mol. The minimum atomic E-state index is -0.343. The molecule has 1 aliphatic heterocycles. The molecule has 1 aromatic carbocycles. The number of anilines is 1. The first-order valence-electron chi connectivity index (χ1n) is 5.65. The van der Waals surface area contributed by atoms with Gasteiger partial charge in [-0.05, 0) is 24.6 Å². The summed E-state index contributed by atoms with van der Waals surface area (Å²) in [4.78, 5) is 15.2. The van der Waals surface area contributed by atoms with E-state index in [0.29, 0.717) is 31.7 Å². The van der Waals surface area contributed by atoms with Gasteiger partial charge in [-0.3, -0.25) is 4.90 Å². The quantitative estimate of drug-likeness (QED) is 0.862. The molecule has 1 aliphatic rings. The number of halogens is 1. The molecular weight excluding hydrogens is 223 g/mol. The first-order valence-corrected chi connectivity index (χ1v) is 5.65. The van der Waals surface area contributed by atoms with Crippen LogP contribution in [0.15, 0.2) is 24.3 Å². The van der Waals surface area contributed by atoms with E-state index in [4.69, 9.17) is 5.11 Å². The minimum absolute atomic E-state index is 0.0732. The van der Waals surface area contributed by atoms with Gasteiger partial charge in [-0.1, -0.05) is 6.07 Å². The SMILES string of the molecule is O=C1N(CCCO)CCN1c1cccc(F)c1.